The molecule has 0 aliphatic heterocycles. The summed E-state index contributed by atoms with van der Waals surface area (Å²) in [6.45, 7) is 2.34. The van der Waals surface area contributed by atoms with Crippen LogP contribution in [0.1, 0.15) is 6.92 Å². The monoisotopic (exact) mass is 281 g/mol. The van der Waals surface area contributed by atoms with Crippen LogP contribution >= 0.6 is 0 Å². The second-order valence-corrected chi connectivity index (χ2v) is 3.65. The number of carbonyl (C=O) groups excluding carboxylic acids is 1. The summed E-state index contributed by atoms with van der Waals surface area (Å²) in [7, 11) is 4.55. The summed E-state index contributed by atoms with van der Waals surface area (Å²) >= 11 is 0. The normalized spacial score (nSPS) is 10.2. The van der Waals surface area contributed by atoms with Crippen LogP contribution in [0.2, 0.25) is 0 Å². The largest absolute Gasteiger partial charge is 0.501 e. The lowest BCUT2D eigenvalue weighted by Gasteiger charge is -2.14. The van der Waals surface area contributed by atoms with E-state index in [4.69, 9.17) is 18.9 Å². The minimum absolute atomic E-state index is 0.330. The summed E-state index contributed by atoms with van der Waals surface area (Å²) in [5.41, 5.74) is 0.483. The molecule has 0 radical (unpaired) electrons. The number of ether oxygens (including phenoxy) is 4. The zero-order valence-electron chi connectivity index (χ0n) is 12.1. The second-order valence-electron chi connectivity index (χ2n) is 3.65. The highest BCUT2D eigenvalue weighted by atomic mass is 16.5. The summed E-state index contributed by atoms with van der Waals surface area (Å²) in [6, 6.07) is 3.27. The van der Waals surface area contributed by atoms with Crippen molar-refractivity contribution in [1.82, 2.24) is 0 Å². The second kappa shape index (κ2) is 7.93. The van der Waals surface area contributed by atoms with Crippen molar-refractivity contribution in [2.75, 3.05) is 33.3 Å². The molecular formula is C14H19NO5. The Morgan fingerprint density at radius 2 is 1.70 bits per heavy atom. The number of carbonyl (C=O) groups is 1. The number of anilines is 1. The number of rotatable bonds is 7. The molecule has 0 aliphatic rings. The maximum absolute atomic E-state index is 11.7. The van der Waals surface area contributed by atoms with Gasteiger partial charge in [-0.05, 0) is 6.92 Å². The Bertz CT molecular complexity index is 485. The lowest BCUT2D eigenvalue weighted by atomic mass is 10.2. The summed E-state index contributed by atoms with van der Waals surface area (Å²) in [4.78, 5) is 11.7. The first-order valence-electron chi connectivity index (χ1n) is 6.05. The molecule has 1 N–H and O–H groups in total. The molecule has 0 saturated carbocycles. The molecule has 1 amide bonds. The maximum Gasteiger partial charge on any atom is 0.251 e. The number of hydrogen-bond donors (Lipinski definition) is 1. The first-order chi connectivity index (χ1) is 9.65. The third-order valence-electron chi connectivity index (χ3n) is 2.45. The molecular weight excluding hydrogens is 262 g/mol. The van der Waals surface area contributed by atoms with Crippen LogP contribution in [0.3, 0.4) is 0 Å². The van der Waals surface area contributed by atoms with Crippen molar-refractivity contribution < 1.29 is 23.7 Å². The molecule has 6 nitrogen and oxygen atoms in total. The number of methoxy groups -OCH3 is 3. The van der Waals surface area contributed by atoms with E-state index in [0.29, 0.717) is 29.5 Å². The molecule has 0 atom stereocenters. The lowest BCUT2D eigenvalue weighted by Crippen LogP contribution is -2.09. The van der Waals surface area contributed by atoms with E-state index >= 15 is 0 Å². The Hall–Kier alpha value is -2.37. The SMILES string of the molecule is CCO/C=C/C(=O)Nc1cc(OC)c(OC)cc1OC. The van der Waals surface area contributed by atoms with E-state index in [9.17, 15) is 4.79 Å². The standard InChI is InChI=1S/C14H19NO5/c1-5-20-7-6-14(16)15-10-8-12(18-3)13(19-4)9-11(10)17-2/h6-9H,5H2,1-4H3,(H,15,16)/b7-6+. The van der Waals surface area contributed by atoms with E-state index < -0.39 is 0 Å². The van der Waals surface area contributed by atoms with Gasteiger partial charge >= 0.3 is 0 Å². The molecule has 1 rings (SSSR count). The van der Waals surface area contributed by atoms with Crippen LogP contribution in [0, 0.1) is 0 Å². The van der Waals surface area contributed by atoms with Crippen molar-refractivity contribution in [3.8, 4) is 17.2 Å². The first-order valence-corrected chi connectivity index (χ1v) is 6.05. The fourth-order valence-electron chi connectivity index (χ4n) is 1.51. The van der Waals surface area contributed by atoms with Crippen LogP contribution in [0.5, 0.6) is 17.2 Å². The molecule has 110 valence electrons. The van der Waals surface area contributed by atoms with E-state index in [-0.39, 0.29) is 5.91 Å². The molecule has 0 bridgehead atoms. The van der Waals surface area contributed by atoms with Gasteiger partial charge in [0, 0.05) is 18.2 Å². The number of hydrogen-bond acceptors (Lipinski definition) is 5. The van der Waals surface area contributed by atoms with Crippen LogP contribution in [0.25, 0.3) is 0 Å². The first kappa shape index (κ1) is 15.7. The molecule has 0 unspecified atom stereocenters. The predicted octanol–water partition coefficient (Wildman–Crippen LogP) is 2.20. The van der Waals surface area contributed by atoms with Gasteiger partial charge in [-0.3, -0.25) is 4.79 Å². The zero-order chi connectivity index (χ0) is 15.0. The fourth-order valence-corrected chi connectivity index (χ4v) is 1.51. The van der Waals surface area contributed by atoms with Gasteiger partial charge in [0.15, 0.2) is 11.5 Å². The van der Waals surface area contributed by atoms with Gasteiger partial charge in [0.25, 0.3) is 5.91 Å². The average molecular weight is 281 g/mol. The Morgan fingerprint density at radius 1 is 1.10 bits per heavy atom. The van der Waals surface area contributed by atoms with Gasteiger partial charge in [-0.1, -0.05) is 0 Å². The summed E-state index contributed by atoms with van der Waals surface area (Å²) in [5, 5.41) is 2.68. The van der Waals surface area contributed by atoms with Gasteiger partial charge in [-0.15, -0.1) is 0 Å². The van der Waals surface area contributed by atoms with E-state index in [1.54, 1.807) is 12.1 Å². The van der Waals surface area contributed by atoms with Gasteiger partial charge in [-0.2, -0.15) is 0 Å². The molecule has 1 aromatic rings. The Kier molecular flexibility index (Phi) is 6.22. The van der Waals surface area contributed by atoms with E-state index in [2.05, 4.69) is 5.32 Å². The van der Waals surface area contributed by atoms with Gasteiger partial charge in [0.2, 0.25) is 0 Å². The Morgan fingerprint density at radius 3 is 2.25 bits per heavy atom. The minimum Gasteiger partial charge on any atom is -0.501 e. The molecule has 20 heavy (non-hydrogen) atoms. The van der Waals surface area contributed by atoms with Crippen molar-refractivity contribution in [2.24, 2.45) is 0 Å². The fraction of sp³-hybridized carbons (Fsp3) is 0.357. The van der Waals surface area contributed by atoms with Gasteiger partial charge in [-0.25, -0.2) is 0 Å². The van der Waals surface area contributed by atoms with Gasteiger partial charge in [0.05, 0.1) is 39.9 Å². The molecule has 0 aromatic heterocycles. The lowest BCUT2D eigenvalue weighted by molar-refractivity contribution is -0.112. The predicted molar refractivity (Wildman–Crippen MR) is 75.5 cm³/mol. The van der Waals surface area contributed by atoms with Crippen LogP contribution in [0.15, 0.2) is 24.5 Å². The quantitative estimate of drug-likeness (QED) is 0.613. The van der Waals surface area contributed by atoms with E-state index in [1.807, 2.05) is 6.92 Å². The van der Waals surface area contributed by atoms with Crippen LogP contribution in [-0.2, 0) is 9.53 Å². The number of benzene rings is 1. The third-order valence-corrected chi connectivity index (χ3v) is 2.45. The van der Waals surface area contributed by atoms with Crippen molar-refractivity contribution >= 4 is 11.6 Å². The molecule has 0 heterocycles. The Labute approximate surface area is 118 Å². The van der Waals surface area contributed by atoms with Crippen molar-refractivity contribution in [1.29, 1.82) is 0 Å². The summed E-state index contributed by atoms with van der Waals surface area (Å²) in [6.07, 6.45) is 2.63. The molecule has 1 aromatic carbocycles. The third kappa shape index (κ3) is 4.08. The van der Waals surface area contributed by atoms with Crippen LogP contribution < -0.4 is 19.5 Å². The Balaban J connectivity index is 2.95. The van der Waals surface area contributed by atoms with Gasteiger partial charge < -0.3 is 24.3 Å². The minimum atomic E-state index is -0.330. The molecule has 0 fully saturated rings. The smallest absolute Gasteiger partial charge is 0.251 e. The topological polar surface area (TPSA) is 66.0 Å². The van der Waals surface area contributed by atoms with Gasteiger partial charge in [0.1, 0.15) is 5.75 Å². The number of amides is 1. The van der Waals surface area contributed by atoms with Crippen molar-refractivity contribution in [2.45, 2.75) is 6.92 Å². The van der Waals surface area contributed by atoms with E-state index in [1.165, 1.54) is 33.7 Å². The molecule has 0 saturated heterocycles. The summed E-state index contributed by atoms with van der Waals surface area (Å²) < 4.78 is 20.5. The summed E-state index contributed by atoms with van der Waals surface area (Å²) in [5.74, 6) is 1.16. The van der Waals surface area contributed by atoms with Crippen molar-refractivity contribution in [3.63, 3.8) is 0 Å². The maximum atomic E-state index is 11.7. The zero-order valence-corrected chi connectivity index (χ0v) is 12.1. The molecule has 0 aliphatic carbocycles. The highest BCUT2D eigenvalue weighted by Crippen LogP contribution is 2.37. The highest BCUT2D eigenvalue weighted by Gasteiger charge is 2.13. The highest BCUT2D eigenvalue weighted by molar-refractivity contribution is 6.00. The average Bonchev–Trinajstić information content (AvgIpc) is 2.47. The van der Waals surface area contributed by atoms with Crippen LogP contribution in [-0.4, -0.2) is 33.8 Å². The molecule has 6 heteroatoms. The number of nitrogens with one attached hydrogen (secondary N) is 1. The van der Waals surface area contributed by atoms with Crippen LogP contribution in [0.4, 0.5) is 5.69 Å². The molecule has 0 spiro atoms. The van der Waals surface area contributed by atoms with E-state index in [0.717, 1.165) is 0 Å². The van der Waals surface area contributed by atoms with Crippen molar-refractivity contribution in [3.05, 3.63) is 24.5 Å².